The van der Waals surface area contributed by atoms with Gasteiger partial charge >= 0.3 is 5.97 Å². The molecule has 1 rings (SSSR count). The lowest BCUT2D eigenvalue weighted by Gasteiger charge is -2.08. The van der Waals surface area contributed by atoms with E-state index in [0.29, 0.717) is 5.56 Å². The lowest BCUT2D eigenvalue weighted by molar-refractivity contribution is -0.146. The van der Waals surface area contributed by atoms with Gasteiger partial charge in [0.1, 0.15) is 6.42 Å². The van der Waals surface area contributed by atoms with E-state index in [1.807, 2.05) is 19.9 Å². The summed E-state index contributed by atoms with van der Waals surface area (Å²) in [6.45, 7) is 7.45. The molecule has 1 aromatic rings. The summed E-state index contributed by atoms with van der Waals surface area (Å²) >= 11 is 0. The normalized spacial score (nSPS) is 10.4. The second-order valence-electron chi connectivity index (χ2n) is 4.44. The van der Waals surface area contributed by atoms with Crippen molar-refractivity contribution >= 4 is 11.8 Å². The van der Waals surface area contributed by atoms with Crippen LogP contribution in [0.3, 0.4) is 0 Å². The predicted molar refractivity (Wildman–Crippen MR) is 66.1 cm³/mol. The van der Waals surface area contributed by atoms with Gasteiger partial charge in [0.05, 0.1) is 6.10 Å². The molecule has 0 fully saturated rings. The molecule has 0 saturated heterocycles. The Hall–Kier alpha value is -1.64. The largest absolute Gasteiger partial charge is 0.463 e. The van der Waals surface area contributed by atoms with Gasteiger partial charge in [-0.2, -0.15) is 0 Å². The predicted octanol–water partition coefficient (Wildman–Crippen LogP) is 2.83. The SMILES string of the molecule is Cc1ccc(C(=O)CC(=O)OC(C)C)cc1C. The van der Waals surface area contributed by atoms with Crippen LogP contribution in [0.1, 0.15) is 41.8 Å². The van der Waals surface area contributed by atoms with E-state index >= 15 is 0 Å². The molecule has 0 radical (unpaired) electrons. The molecule has 0 aromatic heterocycles. The van der Waals surface area contributed by atoms with Crippen molar-refractivity contribution < 1.29 is 14.3 Å². The molecule has 0 aliphatic carbocycles. The lowest BCUT2D eigenvalue weighted by atomic mass is 10.0. The summed E-state index contributed by atoms with van der Waals surface area (Å²) < 4.78 is 4.94. The molecular weight excluding hydrogens is 216 g/mol. The van der Waals surface area contributed by atoms with Crippen LogP contribution in [0, 0.1) is 13.8 Å². The molecule has 0 saturated carbocycles. The first-order valence-electron chi connectivity index (χ1n) is 5.70. The topological polar surface area (TPSA) is 43.4 Å². The average Bonchev–Trinajstić information content (AvgIpc) is 2.20. The van der Waals surface area contributed by atoms with Gasteiger partial charge < -0.3 is 4.74 Å². The number of aryl methyl sites for hydroxylation is 2. The van der Waals surface area contributed by atoms with Crippen molar-refractivity contribution in [1.82, 2.24) is 0 Å². The third kappa shape index (κ3) is 4.02. The third-order valence-electron chi connectivity index (χ3n) is 2.50. The Morgan fingerprint density at radius 2 is 1.82 bits per heavy atom. The maximum Gasteiger partial charge on any atom is 0.313 e. The number of hydrogen-bond acceptors (Lipinski definition) is 3. The maximum atomic E-state index is 11.8. The van der Waals surface area contributed by atoms with Gasteiger partial charge in [-0.15, -0.1) is 0 Å². The van der Waals surface area contributed by atoms with Crippen molar-refractivity contribution in [3.05, 3.63) is 34.9 Å². The smallest absolute Gasteiger partial charge is 0.313 e. The van der Waals surface area contributed by atoms with Gasteiger partial charge in [0, 0.05) is 5.56 Å². The number of hydrogen-bond donors (Lipinski definition) is 0. The second kappa shape index (κ2) is 5.62. The van der Waals surface area contributed by atoms with Crippen LogP contribution >= 0.6 is 0 Å². The number of rotatable bonds is 4. The molecule has 92 valence electrons. The molecule has 0 amide bonds. The summed E-state index contributed by atoms with van der Waals surface area (Å²) in [5.74, 6) is -0.665. The first kappa shape index (κ1) is 13.4. The van der Waals surface area contributed by atoms with Crippen molar-refractivity contribution in [3.63, 3.8) is 0 Å². The van der Waals surface area contributed by atoms with Crippen LogP contribution in [0.5, 0.6) is 0 Å². The van der Waals surface area contributed by atoms with Crippen LogP contribution in [0.2, 0.25) is 0 Å². The van der Waals surface area contributed by atoms with Crippen LogP contribution < -0.4 is 0 Å². The van der Waals surface area contributed by atoms with Crippen LogP contribution in [0.4, 0.5) is 0 Å². The number of esters is 1. The van der Waals surface area contributed by atoms with Crippen molar-refractivity contribution in [2.24, 2.45) is 0 Å². The Kier molecular flexibility index (Phi) is 4.44. The lowest BCUT2D eigenvalue weighted by Crippen LogP contribution is -2.15. The number of ether oxygens (including phenoxy) is 1. The summed E-state index contributed by atoms with van der Waals surface area (Å²) in [6, 6.07) is 5.43. The Bertz CT molecular complexity index is 433. The molecule has 0 heterocycles. The van der Waals surface area contributed by atoms with E-state index in [-0.39, 0.29) is 18.3 Å². The molecule has 0 spiro atoms. The molecule has 0 aliphatic rings. The summed E-state index contributed by atoms with van der Waals surface area (Å²) in [6.07, 6.45) is -0.379. The van der Waals surface area contributed by atoms with Gasteiger partial charge in [-0.3, -0.25) is 9.59 Å². The highest BCUT2D eigenvalue weighted by Gasteiger charge is 2.14. The van der Waals surface area contributed by atoms with E-state index < -0.39 is 5.97 Å². The molecule has 0 bridgehead atoms. The zero-order valence-corrected chi connectivity index (χ0v) is 10.7. The van der Waals surface area contributed by atoms with Gasteiger partial charge in [0.15, 0.2) is 5.78 Å². The Balaban J connectivity index is 2.70. The van der Waals surface area contributed by atoms with Gasteiger partial charge in [0.2, 0.25) is 0 Å². The molecule has 0 unspecified atom stereocenters. The number of benzene rings is 1. The minimum Gasteiger partial charge on any atom is -0.463 e. The quantitative estimate of drug-likeness (QED) is 0.457. The van der Waals surface area contributed by atoms with E-state index in [1.54, 1.807) is 26.0 Å². The standard InChI is InChI=1S/C14H18O3/c1-9(2)17-14(16)8-13(15)12-6-5-10(3)11(4)7-12/h5-7,9H,8H2,1-4H3. The first-order chi connectivity index (χ1) is 7.90. The van der Waals surface area contributed by atoms with Gasteiger partial charge in [-0.1, -0.05) is 12.1 Å². The van der Waals surface area contributed by atoms with Crippen molar-refractivity contribution in [1.29, 1.82) is 0 Å². The summed E-state index contributed by atoms with van der Waals surface area (Å²) in [5.41, 5.74) is 2.74. The number of Topliss-reactive ketones (excluding diaryl/α,β-unsaturated/α-hetero) is 1. The van der Waals surface area contributed by atoms with Gasteiger partial charge in [-0.05, 0) is 44.9 Å². The summed E-state index contributed by atoms with van der Waals surface area (Å²) in [4.78, 5) is 23.1. The van der Waals surface area contributed by atoms with Crippen LogP contribution in [0.25, 0.3) is 0 Å². The minimum absolute atomic E-state index is 0.185. The fourth-order valence-corrected chi connectivity index (χ4v) is 1.45. The fourth-order valence-electron chi connectivity index (χ4n) is 1.45. The average molecular weight is 234 g/mol. The van der Waals surface area contributed by atoms with E-state index in [2.05, 4.69) is 0 Å². The van der Waals surface area contributed by atoms with Crippen molar-refractivity contribution in [3.8, 4) is 0 Å². The summed E-state index contributed by atoms with van der Waals surface area (Å²) in [5, 5.41) is 0. The Labute approximate surface area is 102 Å². The van der Waals surface area contributed by atoms with Crippen LogP contribution in [-0.4, -0.2) is 17.9 Å². The van der Waals surface area contributed by atoms with Crippen molar-refractivity contribution in [2.75, 3.05) is 0 Å². The van der Waals surface area contributed by atoms with E-state index in [9.17, 15) is 9.59 Å². The van der Waals surface area contributed by atoms with Crippen LogP contribution in [0.15, 0.2) is 18.2 Å². The van der Waals surface area contributed by atoms with Crippen LogP contribution in [-0.2, 0) is 9.53 Å². The highest BCUT2D eigenvalue weighted by Crippen LogP contribution is 2.12. The number of ketones is 1. The fraction of sp³-hybridized carbons (Fsp3) is 0.429. The van der Waals surface area contributed by atoms with E-state index in [1.165, 1.54) is 0 Å². The molecule has 1 aromatic carbocycles. The molecule has 0 atom stereocenters. The van der Waals surface area contributed by atoms with E-state index in [4.69, 9.17) is 4.74 Å². The number of carbonyl (C=O) groups excluding carboxylic acids is 2. The Morgan fingerprint density at radius 3 is 2.35 bits per heavy atom. The van der Waals surface area contributed by atoms with Crippen molar-refractivity contribution in [2.45, 2.75) is 40.2 Å². The highest BCUT2D eigenvalue weighted by atomic mass is 16.5. The molecule has 3 nitrogen and oxygen atoms in total. The molecule has 3 heteroatoms. The molecule has 0 aliphatic heterocycles. The molecule has 0 N–H and O–H groups in total. The highest BCUT2D eigenvalue weighted by molar-refractivity contribution is 6.06. The third-order valence-corrected chi connectivity index (χ3v) is 2.50. The minimum atomic E-state index is -0.469. The maximum absolute atomic E-state index is 11.8. The zero-order chi connectivity index (χ0) is 13.0. The van der Waals surface area contributed by atoms with E-state index in [0.717, 1.165) is 11.1 Å². The first-order valence-corrected chi connectivity index (χ1v) is 5.70. The number of carbonyl (C=O) groups is 2. The molecule has 17 heavy (non-hydrogen) atoms. The Morgan fingerprint density at radius 1 is 1.18 bits per heavy atom. The second-order valence-corrected chi connectivity index (χ2v) is 4.44. The molecular formula is C14H18O3. The zero-order valence-electron chi connectivity index (χ0n) is 10.7. The van der Waals surface area contributed by atoms with Gasteiger partial charge in [0.25, 0.3) is 0 Å². The monoisotopic (exact) mass is 234 g/mol. The van der Waals surface area contributed by atoms with Gasteiger partial charge in [-0.25, -0.2) is 0 Å². The summed E-state index contributed by atoms with van der Waals surface area (Å²) in [7, 11) is 0.